The fourth-order valence-corrected chi connectivity index (χ4v) is 4.67. The summed E-state index contributed by atoms with van der Waals surface area (Å²) in [5, 5.41) is 16.7. The molecular formula is C16H18N8O9S2. The number of hydrogen-bond donors (Lipinski definition) is 6. The Hall–Kier alpha value is -3.81. The van der Waals surface area contributed by atoms with E-state index >= 15 is 0 Å². The van der Waals surface area contributed by atoms with E-state index in [0.717, 1.165) is 11.3 Å². The number of amides is 4. The molecule has 4 rings (SSSR count). The molecule has 3 atom stereocenters. The minimum Gasteiger partial charge on any atom is -0.479 e. The van der Waals surface area contributed by atoms with E-state index < -0.39 is 51.7 Å². The minimum atomic E-state index is -4.47. The molecule has 0 aliphatic carbocycles. The Balaban J connectivity index is 1.40. The number of β-lactam (4-membered cyclic amide) rings is 1. The Morgan fingerprint density at radius 1 is 1.37 bits per heavy atom. The number of urea groups is 1. The summed E-state index contributed by atoms with van der Waals surface area (Å²) < 4.78 is 32.8. The predicted molar refractivity (Wildman–Crippen MR) is 115 cm³/mol. The number of aryl methyl sites for hydroxylation is 1. The summed E-state index contributed by atoms with van der Waals surface area (Å²) in [6.45, 7) is 2.74. The number of nitrogen functional groups attached to an aromatic ring is 1. The summed E-state index contributed by atoms with van der Waals surface area (Å²) >= 11 is 0.960. The number of hydroxylamine groups is 1. The quantitative estimate of drug-likeness (QED) is 0.210. The van der Waals surface area contributed by atoms with Crippen molar-refractivity contribution >= 4 is 56.4 Å². The van der Waals surface area contributed by atoms with Gasteiger partial charge in [-0.3, -0.25) is 19.3 Å². The number of nitrogens with one attached hydrogen (secondary N) is 4. The highest BCUT2D eigenvalue weighted by atomic mass is 32.2. The first kappa shape index (κ1) is 24.3. The third-order valence-electron chi connectivity index (χ3n) is 5.33. The van der Waals surface area contributed by atoms with Gasteiger partial charge in [0.1, 0.15) is 6.04 Å². The van der Waals surface area contributed by atoms with Gasteiger partial charge in [-0.05, 0) is 13.8 Å². The molecule has 0 aromatic carbocycles. The van der Waals surface area contributed by atoms with E-state index in [1.165, 1.54) is 5.38 Å². The summed E-state index contributed by atoms with van der Waals surface area (Å²) in [4.78, 5) is 58.5. The topological polar surface area (TPSA) is 248 Å². The van der Waals surface area contributed by atoms with E-state index in [-0.39, 0.29) is 23.3 Å². The van der Waals surface area contributed by atoms with Crippen molar-refractivity contribution in [1.82, 2.24) is 30.6 Å². The average Bonchev–Trinajstić information content (AvgIpc) is 3.29. The lowest BCUT2D eigenvalue weighted by Crippen LogP contribution is -2.76. The van der Waals surface area contributed by atoms with Crippen molar-refractivity contribution in [2.75, 3.05) is 17.0 Å². The molecular weight excluding hydrogens is 512 g/mol. The van der Waals surface area contributed by atoms with E-state index in [9.17, 15) is 32.7 Å². The van der Waals surface area contributed by atoms with Crippen LogP contribution < -0.4 is 26.0 Å². The molecule has 19 heteroatoms. The first-order valence-electron chi connectivity index (χ1n) is 9.62. The van der Waals surface area contributed by atoms with Gasteiger partial charge in [0.15, 0.2) is 5.13 Å². The highest BCUT2D eigenvalue weighted by Gasteiger charge is 2.62. The Kier molecular flexibility index (Phi) is 5.87. The van der Waals surface area contributed by atoms with Gasteiger partial charge in [-0.15, -0.1) is 11.3 Å². The van der Waals surface area contributed by atoms with Gasteiger partial charge < -0.3 is 20.7 Å². The predicted octanol–water partition coefficient (Wildman–Crippen LogP) is -2.09. The van der Waals surface area contributed by atoms with Crippen LogP contribution in [0.15, 0.2) is 9.90 Å². The minimum absolute atomic E-state index is 0.0346. The number of carboxylic acid groups (broad SMARTS) is 1. The lowest BCUT2D eigenvalue weighted by Gasteiger charge is -2.46. The van der Waals surface area contributed by atoms with E-state index in [2.05, 4.69) is 20.9 Å². The summed E-state index contributed by atoms with van der Waals surface area (Å²) in [5.74, 6) is -3.58. The third-order valence-corrected chi connectivity index (χ3v) is 6.90. The number of aliphatic carboxylic acids is 1. The van der Waals surface area contributed by atoms with E-state index in [4.69, 9.17) is 15.1 Å². The Bertz CT molecular complexity index is 1340. The number of imide groups is 1. The molecule has 4 amide bonds. The monoisotopic (exact) mass is 530 g/mol. The van der Waals surface area contributed by atoms with E-state index in [1.54, 1.807) is 18.6 Å². The van der Waals surface area contributed by atoms with Crippen LogP contribution in [-0.2, 0) is 35.0 Å². The maximum Gasteiger partial charge on any atom is 0.339 e. The third kappa shape index (κ3) is 4.13. The lowest BCUT2D eigenvalue weighted by molar-refractivity contribution is -0.235. The maximum atomic E-state index is 13.0. The van der Waals surface area contributed by atoms with E-state index in [1.807, 2.05) is 4.72 Å². The summed E-state index contributed by atoms with van der Waals surface area (Å²) in [6, 6.07) is -2.52. The summed E-state index contributed by atoms with van der Waals surface area (Å²) in [5.41, 5.74) is 6.68. The van der Waals surface area contributed by atoms with Crippen molar-refractivity contribution in [3.05, 3.63) is 22.3 Å². The Morgan fingerprint density at radius 2 is 2.09 bits per heavy atom. The highest BCUT2D eigenvalue weighted by Crippen LogP contribution is 2.36. The standard InChI is InChI=1S/C16H18N8O9S2/c1-5-6(2)20-33-10(5)21-35(30,31)22-15(29)24-3-7(11(24)25)18-13(28)16(8-4-34-14(17)19-8)9(12(26)27)32-23-16/h4,7,9,21,23H,3H2,1-2H3,(H2,17,19)(H,18,28)(H,22,29)(H,26,27)/t7?,9-,16?/m1/s1. The molecule has 2 aliphatic rings. The molecule has 188 valence electrons. The smallest absolute Gasteiger partial charge is 0.339 e. The number of anilines is 2. The number of carboxylic acids is 1. The molecule has 4 heterocycles. The second kappa shape index (κ2) is 8.45. The van der Waals surface area contributed by atoms with Crippen molar-refractivity contribution in [3.8, 4) is 0 Å². The molecule has 35 heavy (non-hydrogen) atoms. The molecule has 17 nitrogen and oxygen atoms in total. The second-order valence-electron chi connectivity index (χ2n) is 7.53. The molecule has 2 fully saturated rings. The van der Waals surface area contributed by atoms with Crippen molar-refractivity contribution < 1.29 is 42.1 Å². The van der Waals surface area contributed by atoms with Gasteiger partial charge in [0.2, 0.25) is 17.5 Å². The molecule has 0 spiro atoms. The lowest BCUT2D eigenvalue weighted by atomic mass is 9.85. The largest absolute Gasteiger partial charge is 0.479 e. The van der Waals surface area contributed by atoms with Gasteiger partial charge in [-0.25, -0.2) is 24.0 Å². The fraction of sp³-hybridized carbons (Fsp3) is 0.375. The molecule has 2 unspecified atom stereocenters. The number of nitrogens with zero attached hydrogens (tertiary/aromatic N) is 3. The van der Waals surface area contributed by atoms with Crippen molar-refractivity contribution in [3.63, 3.8) is 0 Å². The number of hydrogen-bond acceptors (Lipinski definition) is 13. The zero-order chi connectivity index (χ0) is 25.7. The van der Waals surface area contributed by atoms with Gasteiger partial charge in [0, 0.05) is 10.9 Å². The highest BCUT2D eigenvalue weighted by molar-refractivity contribution is 7.91. The van der Waals surface area contributed by atoms with Gasteiger partial charge in [0.25, 0.3) is 11.8 Å². The van der Waals surface area contributed by atoms with Gasteiger partial charge >= 0.3 is 22.2 Å². The summed E-state index contributed by atoms with van der Waals surface area (Å²) in [6.07, 6.45) is -1.67. The van der Waals surface area contributed by atoms with Gasteiger partial charge in [-0.1, -0.05) is 5.16 Å². The molecule has 0 saturated carbocycles. The number of nitrogens with two attached hydrogens (primary N) is 1. The van der Waals surface area contributed by atoms with Crippen LogP contribution in [0.2, 0.25) is 0 Å². The molecule has 0 bridgehead atoms. The van der Waals surface area contributed by atoms with Crippen molar-refractivity contribution in [2.45, 2.75) is 31.5 Å². The van der Waals surface area contributed by atoms with Crippen LogP contribution in [0, 0.1) is 13.8 Å². The zero-order valence-electron chi connectivity index (χ0n) is 17.9. The van der Waals surface area contributed by atoms with Crippen LogP contribution in [0.1, 0.15) is 17.0 Å². The van der Waals surface area contributed by atoms with Crippen LogP contribution in [0.25, 0.3) is 0 Å². The Morgan fingerprint density at radius 3 is 2.57 bits per heavy atom. The first-order valence-corrected chi connectivity index (χ1v) is 12.0. The maximum absolute atomic E-state index is 13.0. The second-order valence-corrected chi connectivity index (χ2v) is 9.83. The van der Waals surface area contributed by atoms with Crippen molar-refractivity contribution in [1.29, 1.82) is 0 Å². The first-order chi connectivity index (χ1) is 16.4. The summed E-state index contributed by atoms with van der Waals surface area (Å²) in [7, 11) is -4.47. The number of likely N-dealkylation sites (tertiary alicyclic amines) is 1. The van der Waals surface area contributed by atoms with Crippen LogP contribution >= 0.6 is 11.3 Å². The SMILES string of the molecule is Cc1noc(NS(=O)(=O)NC(=O)N2CC(NC(=O)C3(c4csc(N)n4)NO[C@@H]3C(=O)O)C2=O)c1C. The molecule has 2 aliphatic heterocycles. The van der Waals surface area contributed by atoms with Crippen LogP contribution in [0.3, 0.4) is 0 Å². The van der Waals surface area contributed by atoms with Gasteiger partial charge in [0.05, 0.1) is 17.9 Å². The number of carbonyl (C=O) groups excluding carboxylic acids is 3. The van der Waals surface area contributed by atoms with Crippen LogP contribution in [0.5, 0.6) is 0 Å². The number of rotatable bonds is 7. The number of thiazole rings is 1. The van der Waals surface area contributed by atoms with Crippen molar-refractivity contribution in [2.24, 2.45) is 0 Å². The van der Waals surface area contributed by atoms with Crippen LogP contribution in [0.4, 0.5) is 15.8 Å². The van der Waals surface area contributed by atoms with Gasteiger partial charge in [-0.2, -0.15) is 13.9 Å². The normalized spacial score (nSPS) is 23.7. The molecule has 2 saturated heterocycles. The van der Waals surface area contributed by atoms with Crippen LogP contribution in [-0.4, -0.2) is 71.1 Å². The fourth-order valence-electron chi connectivity index (χ4n) is 3.23. The zero-order valence-corrected chi connectivity index (χ0v) is 19.5. The van der Waals surface area contributed by atoms with E-state index in [0.29, 0.717) is 16.2 Å². The molecule has 2 aromatic heterocycles. The molecule has 0 radical (unpaired) electrons. The number of aromatic nitrogens is 2. The molecule has 7 N–H and O–H groups in total. The number of carbonyl (C=O) groups is 4. The Labute approximate surface area is 200 Å². The molecule has 2 aromatic rings. The average molecular weight is 531 g/mol.